The SMILES string of the molecule is CC1CNCCC1Nc1nc(-c2ccnc3[nH]c(C(F)(F)F)cc23)nc2cncc(C3CCC3)c12. The summed E-state index contributed by atoms with van der Waals surface area (Å²) in [6.07, 6.45) is 4.99. The Morgan fingerprint density at radius 3 is 2.71 bits per heavy atom. The van der Waals surface area contributed by atoms with E-state index in [0.717, 1.165) is 55.2 Å². The first-order chi connectivity index (χ1) is 16.9. The van der Waals surface area contributed by atoms with Crippen LogP contribution >= 0.6 is 0 Å². The Kier molecular flexibility index (Phi) is 5.36. The summed E-state index contributed by atoms with van der Waals surface area (Å²) in [6.45, 7) is 4.04. The van der Waals surface area contributed by atoms with Crippen LogP contribution in [0.15, 0.2) is 30.7 Å². The van der Waals surface area contributed by atoms with E-state index < -0.39 is 11.9 Å². The van der Waals surface area contributed by atoms with Gasteiger partial charge in [0.05, 0.1) is 11.7 Å². The van der Waals surface area contributed by atoms with Gasteiger partial charge in [0.1, 0.15) is 17.2 Å². The highest BCUT2D eigenvalue weighted by atomic mass is 19.4. The normalized spacial score (nSPS) is 21.4. The summed E-state index contributed by atoms with van der Waals surface area (Å²) in [6, 6.07) is 2.97. The molecule has 5 heterocycles. The van der Waals surface area contributed by atoms with Crippen LogP contribution in [0.1, 0.15) is 49.8 Å². The number of nitrogens with zero attached hydrogens (tertiary/aromatic N) is 4. The van der Waals surface area contributed by atoms with Crippen molar-refractivity contribution in [3.63, 3.8) is 0 Å². The number of nitrogens with one attached hydrogen (secondary N) is 3. The Hall–Kier alpha value is -3.27. The highest BCUT2D eigenvalue weighted by molar-refractivity contribution is 5.97. The van der Waals surface area contributed by atoms with Gasteiger partial charge in [0, 0.05) is 34.8 Å². The van der Waals surface area contributed by atoms with E-state index in [-0.39, 0.29) is 11.7 Å². The van der Waals surface area contributed by atoms with Crippen LogP contribution in [0.3, 0.4) is 0 Å². The van der Waals surface area contributed by atoms with Crippen LogP contribution in [-0.4, -0.2) is 44.1 Å². The second kappa shape index (κ2) is 8.44. The van der Waals surface area contributed by atoms with Gasteiger partial charge in [0.25, 0.3) is 0 Å². The first-order valence-electron chi connectivity index (χ1n) is 12.1. The number of hydrogen-bond acceptors (Lipinski definition) is 6. The van der Waals surface area contributed by atoms with E-state index in [1.54, 1.807) is 12.3 Å². The zero-order chi connectivity index (χ0) is 24.2. The number of pyridine rings is 2. The summed E-state index contributed by atoms with van der Waals surface area (Å²) in [7, 11) is 0. The minimum Gasteiger partial charge on any atom is -0.366 e. The number of rotatable bonds is 4. The maximum Gasteiger partial charge on any atom is 0.431 e. The van der Waals surface area contributed by atoms with Crippen molar-refractivity contribution >= 4 is 27.8 Å². The fraction of sp³-hybridized carbons (Fsp3) is 0.440. The van der Waals surface area contributed by atoms with Gasteiger partial charge in [0.2, 0.25) is 0 Å². The zero-order valence-corrected chi connectivity index (χ0v) is 19.3. The van der Waals surface area contributed by atoms with Crippen molar-refractivity contribution < 1.29 is 13.2 Å². The van der Waals surface area contributed by atoms with Crippen molar-refractivity contribution in [3.8, 4) is 11.4 Å². The maximum atomic E-state index is 13.4. The standard InChI is InChI=1S/C25H26F3N7/c1-13-10-29-7-6-18(13)32-24-21-17(14-3-2-4-14)11-30-12-19(21)33-23(35-24)15-5-8-31-22-16(15)9-20(34-22)25(26,27)28/h5,8-9,11-14,18,29H,2-4,6-7,10H2,1H3,(H,31,34)(H,32,33,35). The summed E-state index contributed by atoms with van der Waals surface area (Å²) >= 11 is 0. The maximum absolute atomic E-state index is 13.4. The number of aromatic amines is 1. The Balaban J connectivity index is 1.53. The predicted molar refractivity (Wildman–Crippen MR) is 128 cm³/mol. The Morgan fingerprint density at radius 2 is 1.97 bits per heavy atom. The smallest absolute Gasteiger partial charge is 0.366 e. The molecule has 10 heteroatoms. The third-order valence-electron chi connectivity index (χ3n) is 7.37. The fourth-order valence-corrected chi connectivity index (χ4v) is 5.14. The van der Waals surface area contributed by atoms with Gasteiger partial charge in [-0.05, 0) is 61.9 Å². The van der Waals surface area contributed by atoms with Crippen LogP contribution in [0.25, 0.3) is 33.3 Å². The van der Waals surface area contributed by atoms with Gasteiger partial charge >= 0.3 is 6.18 Å². The van der Waals surface area contributed by atoms with E-state index in [2.05, 4.69) is 32.5 Å². The van der Waals surface area contributed by atoms with E-state index in [1.165, 1.54) is 12.6 Å². The van der Waals surface area contributed by atoms with Gasteiger partial charge < -0.3 is 15.6 Å². The zero-order valence-electron chi connectivity index (χ0n) is 19.3. The molecule has 1 saturated heterocycles. The highest BCUT2D eigenvalue weighted by Crippen LogP contribution is 2.42. The molecule has 7 nitrogen and oxygen atoms in total. The molecule has 0 bridgehead atoms. The molecule has 6 rings (SSSR count). The summed E-state index contributed by atoms with van der Waals surface area (Å²) in [4.78, 5) is 20.7. The molecule has 0 aromatic carbocycles. The van der Waals surface area contributed by atoms with Crippen LogP contribution in [0.5, 0.6) is 0 Å². The fourth-order valence-electron chi connectivity index (χ4n) is 5.14. The van der Waals surface area contributed by atoms with Crippen LogP contribution < -0.4 is 10.6 Å². The molecule has 0 radical (unpaired) electrons. The lowest BCUT2D eigenvalue weighted by Gasteiger charge is -2.32. The van der Waals surface area contributed by atoms with E-state index in [4.69, 9.17) is 9.97 Å². The van der Waals surface area contributed by atoms with Gasteiger partial charge in [-0.3, -0.25) is 4.98 Å². The first-order valence-corrected chi connectivity index (χ1v) is 12.1. The average Bonchev–Trinajstić information content (AvgIpc) is 3.25. The second-order valence-corrected chi connectivity index (χ2v) is 9.67. The molecule has 2 fully saturated rings. The first kappa shape index (κ1) is 22.2. The summed E-state index contributed by atoms with van der Waals surface area (Å²) in [5, 5.41) is 8.41. The van der Waals surface area contributed by atoms with Crippen LogP contribution in [0.2, 0.25) is 0 Å². The van der Waals surface area contributed by atoms with Gasteiger partial charge in [0.15, 0.2) is 5.82 Å². The molecule has 0 spiro atoms. The lowest BCUT2D eigenvalue weighted by Crippen LogP contribution is -2.42. The van der Waals surface area contributed by atoms with Crippen molar-refractivity contribution in [2.24, 2.45) is 5.92 Å². The van der Waals surface area contributed by atoms with Crippen molar-refractivity contribution in [1.29, 1.82) is 0 Å². The third kappa shape index (κ3) is 3.99. The monoisotopic (exact) mass is 481 g/mol. The molecule has 1 aliphatic carbocycles. The van der Waals surface area contributed by atoms with Crippen LogP contribution in [0, 0.1) is 5.92 Å². The average molecular weight is 482 g/mol. The molecule has 1 aliphatic heterocycles. The van der Waals surface area contributed by atoms with Gasteiger partial charge in [-0.1, -0.05) is 13.3 Å². The van der Waals surface area contributed by atoms with Crippen molar-refractivity contribution in [1.82, 2.24) is 30.2 Å². The number of H-pyrrole nitrogens is 1. The molecular formula is C25H26F3N7. The Morgan fingerprint density at radius 1 is 1.11 bits per heavy atom. The highest BCUT2D eigenvalue weighted by Gasteiger charge is 2.33. The molecule has 4 aromatic heterocycles. The molecule has 35 heavy (non-hydrogen) atoms. The molecular weight excluding hydrogens is 455 g/mol. The minimum atomic E-state index is -4.50. The van der Waals surface area contributed by atoms with Gasteiger partial charge in [-0.15, -0.1) is 0 Å². The predicted octanol–water partition coefficient (Wildman–Crippen LogP) is 5.26. The molecule has 1 saturated carbocycles. The third-order valence-corrected chi connectivity index (χ3v) is 7.37. The van der Waals surface area contributed by atoms with Crippen molar-refractivity contribution in [2.45, 2.75) is 50.7 Å². The Labute approximate surface area is 200 Å². The molecule has 4 aromatic rings. The second-order valence-electron chi connectivity index (χ2n) is 9.67. The summed E-state index contributed by atoms with van der Waals surface area (Å²) in [5.41, 5.74) is 1.65. The number of aromatic nitrogens is 5. The number of piperidine rings is 1. The number of anilines is 1. The minimum absolute atomic E-state index is 0.154. The number of hydrogen-bond donors (Lipinski definition) is 3. The van der Waals surface area contributed by atoms with Crippen molar-refractivity contribution in [2.75, 3.05) is 18.4 Å². The number of halogens is 3. The van der Waals surface area contributed by atoms with Crippen LogP contribution in [0.4, 0.5) is 19.0 Å². The molecule has 2 atom stereocenters. The Bertz CT molecular complexity index is 1390. The van der Waals surface area contributed by atoms with E-state index in [0.29, 0.717) is 34.1 Å². The largest absolute Gasteiger partial charge is 0.431 e. The lowest BCUT2D eigenvalue weighted by molar-refractivity contribution is -0.140. The van der Waals surface area contributed by atoms with Gasteiger partial charge in [-0.25, -0.2) is 15.0 Å². The lowest BCUT2D eigenvalue weighted by atomic mass is 9.79. The molecule has 2 unspecified atom stereocenters. The van der Waals surface area contributed by atoms with Crippen LogP contribution in [-0.2, 0) is 6.18 Å². The molecule has 2 aliphatic rings. The summed E-state index contributed by atoms with van der Waals surface area (Å²) in [5.74, 6) is 1.91. The molecule has 0 amide bonds. The quantitative estimate of drug-likeness (QED) is 0.368. The molecule has 182 valence electrons. The van der Waals surface area contributed by atoms with Gasteiger partial charge in [-0.2, -0.15) is 13.2 Å². The number of fused-ring (bicyclic) bond motifs is 2. The number of alkyl halides is 3. The molecule has 3 N–H and O–H groups in total. The van der Waals surface area contributed by atoms with Crippen molar-refractivity contribution in [3.05, 3.63) is 42.0 Å². The van der Waals surface area contributed by atoms with E-state index in [1.807, 2.05) is 6.20 Å². The summed E-state index contributed by atoms with van der Waals surface area (Å²) < 4.78 is 40.1. The van der Waals surface area contributed by atoms with E-state index >= 15 is 0 Å². The van der Waals surface area contributed by atoms with E-state index in [9.17, 15) is 13.2 Å². The topological polar surface area (TPSA) is 91.4 Å².